The maximum atomic E-state index is 13.2. The van der Waals surface area contributed by atoms with Crippen LogP contribution in [0.25, 0.3) is 0 Å². The molecule has 1 saturated heterocycles. The van der Waals surface area contributed by atoms with Gasteiger partial charge in [0, 0.05) is 31.0 Å². The zero-order valence-electron chi connectivity index (χ0n) is 20.4. The van der Waals surface area contributed by atoms with Gasteiger partial charge < -0.3 is 14.4 Å². The molecule has 2 bridgehead atoms. The molecule has 4 aliphatic rings. The van der Waals surface area contributed by atoms with Crippen molar-refractivity contribution in [2.45, 2.75) is 61.8 Å². The molecular formula is C29H30N2O4. The average Bonchev–Trinajstić information content (AvgIpc) is 3.19. The first-order valence-corrected chi connectivity index (χ1v) is 12.4. The van der Waals surface area contributed by atoms with Crippen molar-refractivity contribution in [1.29, 1.82) is 0 Å². The zero-order chi connectivity index (χ0) is 24.4. The fourth-order valence-corrected chi connectivity index (χ4v) is 7.41. The first-order valence-electron chi connectivity index (χ1n) is 12.4. The number of likely N-dealkylation sites (N-methyl/N-ethyl adjacent to an activating group) is 2. The van der Waals surface area contributed by atoms with Gasteiger partial charge >= 0.3 is 5.97 Å². The third-order valence-electron chi connectivity index (χ3n) is 8.79. The number of hydrogen-bond acceptors (Lipinski definition) is 5. The number of carbonyl (C=O) groups excluding carboxylic acids is 2. The third kappa shape index (κ3) is 3.01. The van der Waals surface area contributed by atoms with E-state index in [4.69, 9.17) is 9.47 Å². The molecule has 2 heterocycles. The Labute approximate surface area is 206 Å². The number of piperidine rings is 1. The van der Waals surface area contributed by atoms with Gasteiger partial charge in [0.1, 0.15) is 17.5 Å². The van der Waals surface area contributed by atoms with Gasteiger partial charge in [-0.1, -0.05) is 36.3 Å². The average molecular weight is 471 g/mol. The molecule has 6 nitrogen and oxygen atoms in total. The summed E-state index contributed by atoms with van der Waals surface area (Å²) in [5, 5.41) is 0. The minimum atomic E-state index is -0.674. The van der Waals surface area contributed by atoms with Crippen LogP contribution in [0.5, 0.6) is 5.75 Å². The SMILES string of the molecule is CC(=O)O[C@@]12CC[C@@H](N(C)C(=O)C#Cc3ccccc3)[C@@H]3Oc4cccc5c4[C@@]31CCN(C)[C@@H]2C5. The van der Waals surface area contributed by atoms with Crippen LogP contribution in [0.3, 0.4) is 0 Å². The molecule has 0 N–H and O–H groups in total. The van der Waals surface area contributed by atoms with Crippen LogP contribution in [0, 0.1) is 11.8 Å². The normalized spacial score (nSPS) is 31.9. The number of carbonyl (C=O) groups is 2. The summed E-state index contributed by atoms with van der Waals surface area (Å²) in [4.78, 5) is 29.8. The number of likely N-dealkylation sites (tertiary alicyclic amines) is 1. The van der Waals surface area contributed by atoms with E-state index < -0.39 is 11.0 Å². The Balaban J connectivity index is 1.43. The Morgan fingerprint density at radius 1 is 1.14 bits per heavy atom. The molecule has 5 atom stereocenters. The lowest BCUT2D eigenvalue weighted by Gasteiger charge is -2.65. The van der Waals surface area contributed by atoms with Crippen LogP contribution in [-0.4, -0.2) is 66.1 Å². The van der Waals surface area contributed by atoms with E-state index in [0.717, 1.165) is 30.7 Å². The van der Waals surface area contributed by atoms with Crippen molar-refractivity contribution in [3.05, 3.63) is 65.2 Å². The summed E-state index contributed by atoms with van der Waals surface area (Å²) in [6.07, 6.45) is 2.71. The van der Waals surface area contributed by atoms with E-state index in [2.05, 4.69) is 29.9 Å². The highest BCUT2D eigenvalue weighted by Crippen LogP contribution is 2.65. The number of benzene rings is 2. The van der Waals surface area contributed by atoms with E-state index in [1.165, 1.54) is 18.1 Å². The quantitative estimate of drug-likeness (QED) is 0.499. The summed E-state index contributed by atoms with van der Waals surface area (Å²) in [6.45, 7) is 2.40. The molecule has 2 fully saturated rings. The molecule has 1 spiro atoms. The Hall–Kier alpha value is -3.30. The fourth-order valence-electron chi connectivity index (χ4n) is 7.41. The summed E-state index contributed by atoms with van der Waals surface area (Å²) in [5.41, 5.74) is 2.11. The molecule has 0 radical (unpaired) electrons. The van der Waals surface area contributed by atoms with Gasteiger partial charge in [-0.25, -0.2) is 0 Å². The first kappa shape index (κ1) is 22.2. The van der Waals surface area contributed by atoms with E-state index in [1.54, 1.807) is 4.90 Å². The van der Waals surface area contributed by atoms with E-state index >= 15 is 0 Å². The molecule has 6 heteroatoms. The number of nitrogens with zero attached hydrogens (tertiary/aromatic N) is 2. The van der Waals surface area contributed by atoms with Gasteiger partial charge in [-0.05, 0) is 63.0 Å². The second-order valence-electron chi connectivity index (χ2n) is 10.4. The van der Waals surface area contributed by atoms with E-state index in [1.807, 2.05) is 49.5 Å². The molecule has 0 aromatic heterocycles. The number of ether oxygens (including phenoxy) is 2. The molecule has 1 saturated carbocycles. The summed E-state index contributed by atoms with van der Waals surface area (Å²) in [7, 11) is 3.95. The Morgan fingerprint density at radius 2 is 1.94 bits per heavy atom. The molecule has 2 aliphatic carbocycles. The number of esters is 1. The van der Waals surface area contributed by atoms with E-state index in [9.17, 15) is 9.59 Å². The zero-order valence-corrected chi connectivity index (χ0v) is 20.4. The maximum Gasteiger partial charge on any atom is 0.303 e. The van der Waals surface area contributed by atoms with Gasteiger partial charge in [-0.3, -0.25) is 14.5 Å². The maximum absolute atomic E-state index is 13.2. The molecule has 2 aromatic carbocycles. The van der Waals surface area contributed by atoms with Crippen molar-refractivity contribution in [3.63, 3.8) is 0 Å². The predicted octanol–water partition coefficient (Wildman–Crippen LogP) is 2.92. The second kappa shape index (κ2) is 7.86. The fraction of sp³-hybridized carbons (Fsp3) is 0.448. The smallest absolute Gasteiger partial charge is 0.303 e. The molecule has 6 rings (SSSR count). The number of rotatable bonds is 2. The van der Waals surface area contributed by atoms with E-state index in [-0.39, 0.29) is 30.1 Å². The molecule has 35 heavy (non-hydrogen) atoms. The minimum Gasteiger partial charge on any atom is -0.487 e. The summed E-state index contributed by atoms with van der Waals surface area (Å²) >= 11 is 0. The molecule has 2 aliphatic heterocycles. The molecule has 2 aromatic rings. The highest BCUT2D eigenvalue weighted by molar-refractivity contribution is 5.94. The second-order valence-corrected chi connectivity index (χ2v) is 10.4. The molecule has 180 valence electrons. The molecular weight excluding hydrogens is 440 g/mol. The Morgan fingerprint density at radius 3 is 2.71 bits per heavy atom. The van der Waals surface area contributed by atoms with Crippen LogP contribution in [0.4, 0.5) is 0 Å². The lowest BCUT2D eigenvalue weighted by molar-refractivity contribution is -0.220. The van der Waals surface area contributed by atoms with Gasteiger partial charge in [-0.2, -0.15) is 0 Å². The van der Waals surface area contributed by atoms with Crippen molar-refractivity contribution < 1.29 is 19.1 Å². The Kier molecular flexibility index (Phi) is 4.98. The van der Waals surface area contributed by atoms with Gasteiger partial charge in [0.25, 0.3) is 5.91 Å². The van der Waals surface area contributed by atoms with E-state index in [0.29, 0.717) is 12.8 Å². The standard InChI is InChI=1S/C29H30N2O4/c1-19(32)35-29-15-14-22(31(3)25(33)13-12-20-8-5-4-6-9-20)27-28(29)16-17-30(2)24(29)18-21-10-7-11-23(34-27)26(21)28/h4-11,22,24,27H,14-18H2,1-3H3/t22-,24-,27+,28+,29-/m1/s1. The largest absolute Gasteiger partial charge is 0.487 e. The van der Waals surface area contributed by atoms with Gasteiger partial charge in [0.2, 0.25) is 0 Å². The lowest BCUT2D eigenvalue weighted by Crippen LogP contribution is -2.78. The third-order valence-corrected chi connectivity index (χ3v) is 8.79. The topological polar surface area (TPSA) is 59.1 Å². The van der Waals surface area contributed by atoms with Gasteiger partial charge in [0.15, 0.2) is 0 Å². The highest BCUT2D eigenvalue weighted by atomic mass is 16.6. The van der Waals surface area contributed by atoms with Gasteiger partial charge in [0.05, 0.1) is 17.5 Å². The highest BCUT2D eigenvalue weighted by Gasteiger charge is 2.75. The summed E-state index contributed by atoms with van der Waals surface area (Å²) in [5.74, 6) is 6.20. The summed E-state index contributed by atoms with van der Waals surface area (Å²) in [6, 6.07) is 15.7. The predicted molar refractivity (Wildman–Crippen MR) is 131 cm³/mol. The van der Waals surface area contributed by atoms with Crippen molar-refractivity contribution in [2.24, 2.45) is 0 Å². The van der Waals surface area contributed by atoms with Crippen molar-refractivity contribution >= 4 is 11.9 Å². The molecule has 0 unspecified atom stereocenters. The first-order chi connectivity index (χ1) is 16.9. The van der Waals surface area contributed by atoms with Crippen LogP contribution in [-0.2, 0) is 26.2 Å². The van der Waals surface area contributed by atoms with Crippen LogP contribution < -0.4 is 4.74 Å². The molecule has 1 amide bonds. The monoisotopic (exact) mass is 470 g/mol. The van der Waals surface area contributed by atoms with Crippen LogP contribution in [0.1, 0.15) is 42.9 Å². The minimum absolute atomic E-state index is 0.0759. The summed E-state index contributed by atoms with van der Waals surface area (Å²) < 4.78 is 13.1. The van der Waals surface area contributed by atoms with Crippen molar-refractivity contribution in [3.8, 4) is 17.6 Å². The van der Waals surface area contributed by atoms with Crippen LogP contribution >= 0.6 is 0 Å². The van der Waals surface area contributed by atoms with Crippen molar-refractivity contribution in [2.75, 3.05) is 20.6 Å². The Bertz CT molecular complexity index is 1260. The van der Waals surface area contributed by atoms with Gasteiger partial charge in [-0.15, -0.1) is 0 Å². The lowest BCUT2D eigenvalue weighted by atomic mass is 9.48. The number of amides is 1. The van der Waals surface area contributed by atoms with Crippen LogP contribution in [0.2, 0.25) is 0 Å². The van der Waals surface area contributed by atoms with Crippen molar-refractivity contribution in [1.82, 2.24) is 9.80 Å². The number of hydrogen-bond donors (Lipinski definition) is 0. The van der Waals surface area contributed by atoms with Crippen LogP contribution in [0.15, 0.2) is 48.5 Å².